The highest BCUT2D eigenvalue weighted by Gasteiger charge is 2.56. The van der Waals surface area contributed by atoms with Crippen LogP contribution in [0, 0.1) is 5.92 Å². The molecule has 9 heteroatoms. The Morgan fingerprint density at radius 1 is 1.18 bits per heavy atom. The van der Waals surface area contributed by atoms with Crippen molar-refractivity contribution in [2.45, 2.75) is 32.0 Å². The number of likely N-dealkylation sites (tertiary alicyclic amines) is 1. The second-order valence-corrected chi connectivity index (χ2v) is 7.60. The molecule has 1 atom stereocenters. The molecule has 0 aliphatic carbocycles. The predicted octanol–water partition coefficient (Wildman–Crippen LogP) is 3.35. The van der Waals surface area contributed by atoms with E-state index in [9.17, 15) is 22.8 Å². The van der Waals surface area contributed by atoms with Crippen molar-refractivity contribution in [1.29, 1.82) is 0 Å². The number of carbonyl (C=O) groups is 2. The number of nitrogens with one attached hydrogen (secondary N) is 1. The van der Waals surface area contributed by atoms with Gasteiger partial charge in [-0.1, -0.05) is 6.07 Å². The summed E-state index contributed by atoms with van der Waals surface area (Å²) in [4.78, 5) is 28.1. The minimum absolute atomic E-state index is 0.0232. The van der Waals surface area contributed by atoms with Crippen LogP contribution in [0.25, 0.3) is 0 Å². The lowest BCUT2D eigenvalue weighted by Gasteiger charge is -2.36. The summed E-state index contributed by atoms with van der Waals surface area (Å²) in [6, 6.07) is 5.83. The van der Waals surface area contributed by atoms with E-state index in [-0.39, 0.29) is 18.9 Å². The van der Waals surface area contributed by atoms with Crippen LogP contribution in [-0.4, -0.2) is 66.3 Å². The van der Waals surface area contributed by atoms with E-state index in [0.29, 0.717) is 37.6 Å². The minimum atomic E-state index is -4.36. The highest BCUT2D eigenvalue weighted by atomic mass is 19.4. The van der Waals surface area contributed by atoms with E-state index < -0.39 is 23.7 Å². The smallest absolute Gasteiger partial charge is 0.378 e. The van der Waals surface area contributed by atoms with Crippen LogP contribution in [0.1, 0.15) is 30.6 Å². The summed E-state index contributed by atoms with van der Waals surface area (Å²) in [5.41, 5.74) is -0.562. The fourth-order valence-corrected chi connectivity index (χ4v) is 3.89. The fraction of sp³-hybridized carbons (Fsp3) is 0.579. The molecule has 2 saturated heterocycles. The molecule has 3 rings (SSSR count). The van der Waals surface area contributed by atoms with E-state index in [1.165, 1.54) is 18.7 Å². The lowest BCUT2D eigenvalue weighted by molar-refractivity contribution is -0.189. The van der Waals surface area contributed by atoms with Crippen LogP contribution in [0.5, 0.6) is 0 Å². The zero-order valence-corrected chi connectivity index (χ0v) is 15.9. The Morgan fingerprint density at radius 3 is 2.46 bits per heavy atom. The molecule has 154 valence electrons. The molecule has 2 aliphatic heterocycles. The van der Waals surface area contributed by atoms with Gasteiger partial charge >= 0.3 is 12.2 Å². The SMILES string of the molecule is CC1(C)[C@H](C(F)(F)F)CCN1C(=O)Nc1cccc(C(=O)N2CCOCC2)c1. The first-order valence-electron chi connectivity index (χ1n) is 9.23. The van der Waals surface area contributed by atoms with Gasteiger partial charge in [-0.25, -0.2) is 4.79 Å². The molecule has 0 aromatic heterocycles. The molecular weight excluding hydrogens is 375 g/mol. The van der Waals surface area contributed by atoms with Gasteiger partial charge in [-0.3, -0.25) is 4.79 Å². The monoisotopic (exact) mass is 399 g/mol. The number of carbonyl (C=O) groups excluding carboxylic acids is 2. The summed E-state index contributed by atoms with van der Waals surface area (Å²) >= 11 is 0. The predicted molar refractivity (Wildman–Crippen MR) is 97.1 cm³/mol. The van der Waals surface area contributed by atoms with Crippen molar-refractivity contribution in [3.63, 3.8) is 0 Å². The van der Waals surface area contributed by atoms with Gasteiger partial charge in [0.05, 0.1) is 24.7 Å². The maximum atomic E-state index is 13.2. The molecule has 28 heavy (non-hydrogen) atoms. The lowest BCUT2D eigenvalue weighted by Crippen LogP contribution is -2.51. The quantitative estimate of drug-likeness (QED) is 0.830. The van der Waals surface area contributed by atoms with E-state index >= 15 is 0 Å². The first-order chi connectivity index (χ1) is 13.1. The van der Waals surface area contributed by atoms with Crippen LogP contribution < -0.4 is 5.32 Å². The van der Waals surface area contributed by atoms with Gasteiger partial charge in [0.1, 0.15) is 0 Å². The Bertz CT molecular complexity index is 745. The molecule has 0 unspecified atom stereocenters. The number of ether oxygens (including phenoxy) is 1. The first-order valence-corrected chi connectivity index (χ1v) is 9.23. The van der Waals surface area contributed by atoms with Crippen LogP contribution >= 0.6 is 0 Å². The van der Waals surface area contributed by atoms with Gasteiger partial charge in [0, 0.05) is 30.9 Å². The number of hydrogen-bond acceptors (Lipinski definition) is 3. The maximum Gasteiger partial charge on any atom is 0.394 e. The molecule has 0 radical (unpaired) electrons. The summed E-state index contributed by atoms with van der Waals surface area (Å²) in [6.45, 7) is 4.83. The topological polar surface area (TPSA) is 61.9 Å². The Kier molecular flexibility index (Phi) is 5.56. The number of benzene rings is 1. The third kappa shape index (κ3) is 4.09. The standard InChI is InChI=1S/C19H24F3N3O3/c1-18(2)15(19(20,21)22)6-7-25(18)17(27)23-14-5-3-4-13(12-14)16(26)24-8-10-28-11-9-24/h3-5,12,15H,6-11H2,1-2H3,(H,23,27)/t15-/m1/s1. The molecule has 0 bridgehead atoms. The Hall–Kier alpha value is -2.29. The van der Waals surface area contributed by atoms with E-state index in [4.69, 9.17) is 4.74 Å². The first kappa shape index (κ1) is 20.4. The van der Waals surface area contributed by atoms with E-state index in [2.05, 4.69) is 5.32 Å². The minimum Gasteiger partial charge on any atom is -0.378 e. The molecule has 2 aliphatic rings. The van der Waals surface area contributed by atoms with Crippen LogP contribution in [0.4, 0.5) is 23.7 Å². The summed E-state index contributed by atoms with van der Waals surface area (Å²) in [5, 5.41) is 2.63. The number of rotatable bonds is 2. The Balaban J connectivity index is 1.70. The van der Waals surface area contributed by atoms with Gasteiger partial charge in [0.15, 0.2) is 0 Å². The van der Waals surface area contributed by atoms with E-state index in [1.54, 1.807) is 29.2 Å². The van der Waals surface area contributed by atoms with Gasteiger partial charge in [0.2, 0.25) is 0 Å². The van der Waals surface area contributed by atoms with Crippen molar-refractivity contribution in [3.8, 4) is 0 Å². The number of halogens is 3. The third-order valence-electron chi connectivity index (χ3n) is 5.49. The van der Waals surface area contributed by atoms with Crippen LogP contribution in [0.3, 0.4) is 0 Å². The van der Waals surface area contributed by atoms with Crippen molar-refractivity contribution < 1.29 is 27.5 Å². The van der Waals surface area contributed by atoms with Gasteiger partial charge in [0.25, 0.3) is 5.91 Å². The highest BCUT2D eigenvalue weighted by molar-refractivity contribution is 5.97. The molecule has 6 nitrogen and oxygen atoms in total. The molecule has 0 spiro atoms. The summed E-state index contributed by atoms with van der Waals surface area (Å²) in [6.07, 6.45) is -4.48. The molecule has 1 aromatic carbocycles. The summed E-state index contributed by atoms with van der Waals surface area (Å²) in [7, 11) is 0. The van der Waals surface area contributed by atoms with Crippen molar-refractivity contribution >= 4 is 17.6 Å². The Morgan fingerprint density at radius 2 is 1.86 bits per heavy atom. The molecule has 0 saturated carbocycles. The number of alkyl halides is 3. The fourth-order valence-electron chi connectivity index (χ4n) is 3.89. The second-order valence-electron chi connectivity index (χ2n) is 7.60. The van der Waals surface area contributed by atoms with E-state index in [1.807, 2.05) is 0 Å². The highest BCUT2D eigenvalue weighted by Crippen LogP contribution is 2.44. The number of anilines is 1. The van der Waals surface area contributed by atoms with Gasteiger partial charge in [-0.15, -0.1) is 0 Å². The van der Waals surface area contributed by atoms with E-state index in [0.717, 1.165) is 0 Å². The molecule has 3 amide bonds. The summed E-state index contributed by atoms with van der Waals surface area (Å²) in [5.74, 6) is -1.74. The van der Waals surface area contributed by atoms with Crippen molar-refractivity contribution in [1.82, 2.24) is 9.80 Å². The average molecular weight is 399 g/mol. The van der Waals surface area contributed by atoms with Crippen LogP contribution in [0.15, 0.2) is 24.3 Å². The number of morpholine rings is 1. The van der Waals surface area contributed by atoms with Crippen LogP contribution in [0.2, 0.25) is 0 Å². The van der Waals surface area contributed by atoms with Gasteiger partial charge in [-0.05, 0) is 38.5 Å². The van der Waals surface area contributed by atoms with Crippen molar-refractivity contribution in [2.24, 2.45) is 5.92 Å². The third-order valence-corrected chi connectivity index (χ3v) is 5.49. The zero-order chi connectivity index (χ0) is 20.5. The molecule has 2 heterocycles. The van der Waals surface area contributed by atoms with Gasteiger partial charge < -0.3 is 19.9 Å². The molecule has 2 fully saturated rings. The van der Waals surface area contributed by atoms with Crippen molar-refractivity contribution in [2.75, 3.05) is 38.2 Å². The number of nitrogens with zero attached hydrogens (tertiary/aromatic N) is 2. The molecule has 1 N–H and O–H groups in total. The summed E-state index contributed by atoms with van der Waals surface area (Å²) < 4.78 is 44.9. The van der Waals surface area contributed by atoms with Gasteiger partial charge in [-0.2, -0.15) is 13.2 Å². The largest absolute Gasteiger partial charge is 0.394 e. The number of urea groups is 1. The average Bonchev–Trinajstić information content (AvgIpc) is 2.97. The second kappa shape index (κ2) is 7.62. The lowest BCUT2D eigenvalue weighted by atomic mass is 9.88. The number of hydrogen-bond donors (Lipinski definition) is 1. The van der Waals surface area contributed by atoms with Crippen molar-refractivity contribution in [3.05, 3.63) is 29.8 Å². The Labute approximate surface area is 161 Å². The molecule has 1 aromatic rings. The normalized spacial score (nSPS) is 22.2. The number of amides is 3. The molecular formula is C19H24F3N3O3. The maximum absolute atomic E-state index is 13.2. The van der Waals surface area contributed by atoms with Crippen LogP contribution in [-0.2, 0) is 4.74 Å². The zero-order valence-electron chi connectivity index (χ0n) is 15.9.